The minimum Gasteiger partial charge on any atom is -0.497 e. The van der Waals surface area contributed by atoms with Gasteiger partial charge in [-0.15, -0.1) is 0 Å². The summed E-state index contributed by atoms with van der Waals surface area (Å²) in [6.45, 7) is -0.429. The lowest BCUT2D eigenvalue weighted by molar-refractivity contribution is -0.149. The van der Waals surface area contributed by atoms with Crippen molar-refractivity contribution in [3.8, 4) is 5.75 Å². The fourth-order valence-electron chi connectivity index (χ4n) is 4.02. The SMILES string of the molecule is COc1ccc(C(=O)NC(=O)COC(=O)CC2CC3CCC2C3)cc1. The van der Waals surface area contributed by atoms with Crippen LogP contribution in [0, 0.1) is 17.8 Å². The van der Waals surface area contributed by atoms with E-state index in [-0.39, 0.29) is 5.97 Å². The average molecular weight is 345 g/mol. The van der Waals surface area contributed by atoms with Crippen LogP contribution in [0.4, 0.5) is 0 Å². The summed E-state index contributed by atoms with van der Waals surface area (Å²) in [6, 6.07) is 6.38. The fourth-order valence-corrected chi connectivity index (χ4v) is 4.02. The van der Waals surface area contributed by atoms with E-state index in [0.717, 1.165) is 12.3 Å². The number of carbonyl (C=O) groups is 3. The second-order valence-corrected chi connectivity index (χ2v) is 6.91. The van der Waals surface area contributed by atoms with E-state index in [1.165, 1.54) is 26.4 Å². The first-order valence-corrected chi connectivity index (χ1v) is 8.69. The molecule has 2 aliphatic carbocycles. The average Bonchev–Trinajstić information content (AvgIpc) is 3.23. The van der Waals surface area contributed by atoms with Gasteiger partial charge in [0.2, 0.25) is 0 Å². The molecule has 2 fully saturated rings. The van der Waals surface area contributed by atoms with Crippen molar-refractivity contribution in [2.75, 3.05) is 13.7 Å². The van der Waals surface area contributed by atoms with Gasteiger partial charge in [-0.3, -0.25) is 19.7 Å². The van der Waals surface area contributed by atoms with Crippen molar-refractivity contribution in [3.05, 3.63) is 29.8 Å². The zero-order valence-corrected chi connectivity index (χ0v) is 14.3. The van der Waals surface area contributed by atoms with E-state index in [0.29, 0.717) is 29.6 Å². The van der Waals surface area contributed by atoms with Crippen LogP contribution in [-0.4, -0.2) is 31.5 Å². The number of esters is 1. The van der Waals surface area contributed by atoms with Crippen molar-refractivity contribution in [2.24, 2.45) is 17.8 Å². The molecule has 134 valence electrons. The van der Waals surface area contributed by atoms with Gasteiger partial charge in [0.1, 0.15) is 5.75 Å². The zero-order valence-electron chi connectivity index (χ0n) is 14.3. The molecule has 2 amide bonds. The van der Waals surface area contributed by atoms with Gasteiger partial charge in [0, 0.05) is 12.0 Å². The smallest absolute Gasteiger partial charge is 0.306 e. The summed E-state index contributed by atoms with van der Waals surface area (Å²) < 4.78 is 10.0. The van der Waals surface area contributed by atoms with Gasteiger partial charge in [0.25, 0.3) is 11.8 Å². The maximum Gasteiger partial charge on any atom is 0.306 e. The Morgan fingerprint density at radius 1 is 1.12 bits per heavy atom. The number of ether oxygens (including phenoxy) is 2. The van der Waals surface area contributed by atoms with Crippen LogP contribution in [0.25, 0.3) is 0 Å². The highest BCUT2D eigenvalue weighted by atomic mass is 16.5. The van der Waals surface area contributed by atoms with Gasteiger partial charge in [-0.05, 0) is 61.3 Å². The minimum atomic E-state index is -0.623. The molecule has 3 atom stereocenters. The number of fused-ring (bicyclic) bond motifs is 2. The van der Waals surface area contributed by atoms with Crippen molar-refractivity contribution in [3.63, 3.8) is 0 Å². The molecule has 0 aromatic heterocycles. The summed E-state index contributed by atoms with van der Waals surface area (Å²) >= 11 is 0. The van der Waals surface area contributed by atoms with Crippen molar-refractivity contribution in [1.29, 1.82) is 0 Å². The Morgan fingerprint density at radius 2 is 1.88 bits per heavy atom. The molecule has 0 saturated heterocycles. The summed E-state index contributed by atoms with van der Waals surface area (Å²) in [5.74, 6) is 0.924. The van der Waals surface area contributed by atoms with Crippen LogP contribution in [0.1, 0.15) is 42.5 Å². The predicted molar refractivity (Wildman–Crippen MR) is 90.0 cm³/mol. The van der Waals surface area contributed by atoms with Crippen LogP contribution in [0.5, 0.6) is 5.75 Å². The van der Waals surface area contributed by atoms with E-state index < -0.39 is 18.4 Å². The maximum atomic E-state index is 12.0. The number of hydrogen-bond acceptors (Lipinski definition) is 5. The lowest BCUT2D eigenvalue weighted by Crippen LogP contribution is -2.34. The number of nitrogens with one attached hydrogen (secondary N) is 1. The summed E-state index contributed by atoms with van der Waals surface area (Å²) in [7, 11) is 1.53. The molecule has 0 heterocycles. The number of imide groups is 1. The lowest BCUT2D eigenvalue weighted by atomic mass is 9.86. The first kappa shape index (κ1) is 17.5. The van der Waals surface area contributed by atoms with Gasteiger partial charge in [-0.2, -0.15) is 0 Å². The van der Waals surface area contributed by atoms with Gasteiger partial charge in [0.05, 0.1) is 7.11 Å². The largest absolute Gasteiger partial charge is 0.497 e. The topological polar surface area (TPSA) is 81.7 Å². The molecule has 2 aliphatic rings. The van der Waals surface area contributed by atoms with E-state index in [2.05, 4.69) is 5.32 Å². The quantitative estimate of drug-likeness (QED) is 0.800. The molecular weight excluding hydrogens is 322 g/mol. The van der Waals surface area contributed by atoms with E-state index >= 15 is 0 Å². The van der Waals surface area contributed by atoms with Gasteiger partial charge in [-0.1, -0.05) is 6.42 Å². The Balaban J connectivity index is 1.39. The summed E-state index contributed by atoms with van der Waals surface area (Å²) in [4.78, 5) is 35.6. The number of carbonyl (C=O) groups excluding carboxylic acids is 3. The number of hydrogen-bond donors (Lipinski definition) is 1. The van der Waals surface area contributed by atoms with Crippen molar-refractivity contribution < 1.29 is 23.9 Å². The maximum absolute atomic E-state index is 12.0. The highest BCUT2D eigenvalue weighted by Gasteiger charge is 2.40. The summed E-state index contributed by atoms with van der Waals surface area (Å²) in [6.07, 6.45) is 5.20. The highest BCUT2D eigenvalue weighted by molar-refractivity contribution is 6.05. The molecule has 3 rings (SSSR count). The molecule has 0 aliphatic heterocycles. The minimum absolute atomic E-state index is 0.336. The Bertz CT molecular complexity index is 654. The normalized spacial score (nSPS) is 24.0. The summed E-state index contributed by atoms with van der Waals surface area (Å²) in [5.41, 5.74) is 0.336. The van der Waals surface area contributed by atoms with Crippen molar-refractivity contribution in [2.45, 2.75) is 32.1 Å². The molecule has 0 spiro atoms. The van der Waals surface area contributed by atoms with Crippen molar-refractivity contribution in [1.82, 2.24) is 5.32 Å². The third-order valence-corrected chi connectivity index (χ3v) is 5.28. The Hall–Kier alpha value is -2.37. The Kier molecular flexibility index (Phi) is 5.36. The second-order valence-electron chi connectivity index (χ2n) is 6.91. The molecule has 1 aromatic carbocycles. The molecule has 2 bridgehead atoms. The molecule has 6 heteroatoms. The third-order valence-electron chi connectivity index (χ3n) is 5.28. The van der Waals surface area contributed by atoms with Crippen LogP contribution in [0.2, 0.25) is 0 Å². The van der Waals surface area contributed by atoms with Crippen LogP contribution in [0.3, 0.4) is 0 Å². The number of amides is 2. The van der Waals surface area contributed by atoms with Gasteiger partial charge in [-0.25, -0.2) is 0 Å². The lowest BCUT2D eigenvalue weighted by Gasteiger charge is -2.20. The van der Waals surface area contributed by atoms with Crippen LogP contribution < -0.4 is 10.1 Å². The number of benzene rings is 1. The predicted octanol–water partition coefficient (Wildman–Crippen LogP) is 2.32. The van der Waals surface area contributed by atoms with Gasteiger partial charge < -0.3 is 9.47 Å². The molecule has 2 saturated carbocycles. The Labute approximate surface area is 146 Å². The van der Waals surface area contributed by atoms with Gasteiger partial charge in [0.15, 0.2) is 6.61 Å². The summed E-state index contributed by atoms with van der Waals surface area (Å²) in [5, 5.41) is 2.21. The van der Waals surface area contributed by atoms with Crippen molar-refractivity contribution >= 4 is 17.8 Å². The standard InChI is InChI=1S/C19H23NO5/c1-24-16-6-4-13(5-7-16)19(23)20-17(21)11-25-18(22)10-15-9-12-2-3-14(15)8-12/h4-7,12,14-15H,2-3,8-11H2,1H3,(H,20,21,23). The first-order chi connectivity index (χ1) is 12.0. The molecule has 1 aromatic rings. The Morgan fingerprint density at radius 3 is 2.48 bits per heavy atom. The third kappa shape index (κ3) is 4.38. The van der Waals surface area contributed by atoms with Crippen LogP contribution in [-0.2, 0) is 14.3 Å². The monoisotopic (exact) mass is 345 g/mol. The second kappa shape index (κ2) is 7.68. The fraction of sp³-hybridized carbons (Fsp3) is 0.526. The molecular formula is C19H23NO5. The van der Waals surface area contributed by atoms with E-state index in [1.807, 2.05) is 0 Å². The van der Waals surface area contributed by atoms with E-state index in [9.17, 15) is 14.4 Å². The van der Waals surface area contributed by atoms with Crippen LogP contribution >= 0.6 is 0 Å². The molecule has 3 unspecified atom stereocenters. The van der Waals surface area contributed by atoms with Crippen LogP contribution in [0.15, 0.2) is 24.3 Å². The first-order valence-electron chi connectivity index (χ1n) is 8.69. The zero-order chi connectivity index (χ0) is 17.8. The number of rotatable bonds is 6. The highest BCUT2D eigenvalue weighted by Crippen LogP contribution is 2.49. The molecule has 6 nitrogen and oxygen atoms in total. The molecule has 0 radical (unpaired) electrons. The van der Waals surface area contributed by atoms with Gasteiger partial charge >= 0.3 is 5.97 Å². The molecule has 25 heavy (non-hydrogen) atoms. The van der Waals surface area contributed by atoms with E-state index in [4.69, 9.17) is 9.47 Å². The number of methoxy groups -OCH3 is 1. The molecule has 1 N–H and O–H groups in total. The van der Waals surface area contributed by atoms with E-state index in [1.54, 1.807) is 24.3 Å².